The number of benzene rings is 2. The first-order valence-electron chi connectivity index (χ1n) is 10.9. The number of amides is 1. The number of nitriles is 1. The number of methoxy groups -OCH3 is 1. The lowest BCUT2D eigenvalue weighted by Gasteiger charge is -2.37. The van der Waals surface area contributed by atoms with Gasteiger partial charge in [-0.1, -0.05) is 6.07 Å². The molecule has 6 nitrogen and oxygen atoms in total. The number of hydrogen-bond donors (Lipinski definition) is 0. The normalized spacial score (nSPS) is 16.5. The average Bonchev–Trinajstić information content (AvgIpc) is 3.24. The number of carbonyl (C=O) groups excluding carboxylic acids is 1. The van der Waals surface area contributed by atoms with Crippen LogP contribution in [0.4, 0.5) is 8.78 Å². The lowest BCUT2D eigenvalue weighted by Crippen LogP contribution is -2.39. The van der Waals surface area contributed by atoms with Gasteiger partial charge >= 0.3 is 0 Å². The topological polar surface area (TPSA) is 71.2 Å². The third kappa shape index (κ3) is 3.54. The molecule has 2 aliphatic rings. The smallest absolute Gasteiger partial charge is 0.258 e. The van der Waals surface area contributed by atoms with Crippen LogP contribution in [0, 0.1) is 17.1 Å². The molecule has 168 valence electrons. The van der Waals surface area contributed by atoms with Gasteiger partial charge < -0.3 is 9.64 Å². The summed E-state index contributed by atoms with van der Waals surface area (Å²) >= 11 is 0. The lowest BCUT2D eigenvalue weighted by molar-refractivity contribution is 0.0550. The van der Waals surface area contributed by atoms with Gasteiger partial charge in [0.2, 0.25) is 0 Å². The minimum Gasteiger partial charge on any atom is -0.495 e. The number of fused-ring (bicyclic) bond motifs is 1. The van der Waals surface area contributed by atoms with E-state index >= 15 is 4.39 Å². The number of halogens is 2. The molecule has 5 rings (SSSR count). The highest BCUT2D eigenvalue weighted by atomic mass is 19.1. The molecule has 0 unspecified atom stereocenters. The van der Waals surface area contributed by atoms with Crippen LogP contribution in [-0.2, 0) is 18.6 Å². The molecular formula is C25H22F2N4O2. The van der Waals surface area contributed by atoms with Crippen LogP contribution in [0.5, 0.6) is 5.75 Å². The van der Waals surface area contributed by atoms with Gasteiger partial charge in [-0.15, -0.1) is 0 Å². The van der Waals surface area contributed by atoms with E-state index in [0.29, 0.717) is 37.9 Å². The Morgan fingerprint density at radius 2 is 1.97 bits per heavy atom. The van der Waals surface area contributed by atoms with Crippen LogP contribution in [0.25, 0.3) is 5.69 Å². The Kier molecular flexibility index (Phi) is 5.12. The second-order valence-electron chi connectivity index (χ2n) is 8.50. The molecular weight excluding hydrogens is 426 g/mol. The Labute approximate surface area is 190 Å². The first kappa shape index (κ1) is 21.1. The zero-order chi connectivity index (χ0) is 23.2. The first-order valence-corrected chi connectivity index (χ1v) is 10.9. The number of hydrogen-bond acceptors (Lipinski definition) is 4. The molecule has 33 heavy (non-hydrogen) atoms. The fraction of sp³-hybridized carbons (Fsp3) is 0.320. The molecule has 0 atom stereocenters. The number of nitrogens with zero attached hydrogens (tertiary/aromatic N) is 4. The van der Waals surface area contributed by atoms with Crippen molar-refractivity contribution in [2.24, 2.45) is 0 Å². The average molecular weight is 448 g/mol. The van der Waals surface area contributed by atoms with E-state index in [4.69, 9.17) is 4.74 Å². The SMILES string of the molecule is COc1c(C#N)ccc(C2(F)CCC2)c1C(=O)N1CCc2nn(-c3ccc(F)cc3)cc2C1. The summed E-state index contributed by atoms with van der Waals surface area (Å²) < 4.78 is 35.9. The molecule has 2 aromatic carbocycles. The summed E-state index contributed by atoms with van der Waals surface area (Å²) in [5, 5.41) is 14.1. The molecule has 1 amide bonds. The van der Waals surface area contributed by atoms with E-state index in [0.717, 1.165) is 23.4 Å². The standard InChI is InChI=1S/C25H22F2N4O2/c1-33-23-16(13-28)3-8-20(25(27)10-2-11-25)22(23)24(32)30-12-9-21-17(14-30)15-31(29-21)19-6-4-18(26)5-7-19/h3-8,15H,2,9-12,14H2,1H3. The van der Waals surface area contributed by atoms with Gasteiger partial charge in [-0.25, -0.2) is 13.5 Å². The minimum atomic E-state index is -1.58. The molecule has 1 aliphatic carbocycles. The molecule has 0 bridgehead atoms. The molecule has 1 fully saturated rings. The molecule has 1 aromatic heterocycles. The Hall–Kier alpha value is -3.73. The minimum absolute atomic E-state index is 0.122. The van der Waals surface area contributed by atoms with Gasteiger partial charge in [0.25, 0.3) is 5.91 Å². The fourth-order valence-electron chi connectivity index (χ4n) is 4.60. The summed E-state index contributed by atoms with van der Waals surface area (Å²) in [7, 11) is 1.39. The Bertz CT molecular complexity index is 1270. The van der Waals surface area contributed by atoms with Gasteiger partial charge in [0.15, 0.2) is 0 Å². The number of rotatable bonds is 4. The Morgan fingerprint density at radius 1 is 1.21 bits per heavy atom. The van der Waals surface area contributed by atoms with Crippen LogP contribution >= 0.6 is 0 Å². The van der Waals surface area contributed by atoms with E-state index in [2.05, 4.69) is 5.10 Å². The van der Waals surface area contributed by atoms with Crippen LogP contribution in [0.3, 0.4) is 0 Å². The Balaban J connectivity index is 1.49. The van der Waals surface area contributed by atoms with Crippen molar-refractivity contribution in [3.05, 3.63) is 76.4 Å². The number of aromatic nitrogens is 2. The van der Waals surface area contributed by atoms with Gasteiger partial charge in [-0.3, -0.25) is 4.79 Å². The fourth-order valence-corrected chi connectivity index (χ4v) is 4.60. The van der Waals surface area contributed by atoms with Crippen LogP contribution in [0.2, 0.25) is 0 Å². The molecule has 0 saturated heterocycles. The highest BCUT2D eigenvalue weighted by molar-refractivity contribution is 5.99. The van der Waals surface area contributed by atoms with Crippen molar-refractivity contribution in [1.82, 2.24) is 14.7 Å². The van der Waals surface area contributed by atoms with E-state index in [-0.39, 0.29) is 28.6 Å². The van der Waals surface area contributed by atoms with Crippen molar-refractivity contribution in [3.8, 4) is 17.5 Å². The summed E-state index contributed by atoms with van der Waals surface area (Å²) in [5.41, 5.74) is 1.50. The highest BCUT2D eigenvalue weighted by Gasteiger charge is 2.43. The summed E-state index contributed by atoms with van der Waals surface area (Å²) in [5.74, 6) is -0.561. The number of carbonyl (C=O) groups is 1. The summed E-state index contributed by atoms with van der Waals surface area (Å²) in [4.78, 5) is 15.3. The van der Waals surface area contributed by atoms with Crippen molar-refractivity contribution in [1.29, 1.82) is 5.26 Å². The molecule has 8 heteroatoms. The van der Waals surface area contributed by atoms with E-state index < -0.39 is 5.67 Å². The largest absolute Gasteiger partial charge is 0.495 e. The van der Waals surface area contributed by atoms with Gasteiger partial charge in [0.05, 0.1) is 29.6 Å². The van der Waals surface area contributed by atoms with E-state index in [1.165, 1.54) is 25.3 Å². The molecule has 2 heterocycles. The zero-order valence-corrected chi connectivity index (χ0v) is 18.1. The van der Waals surface area contributed by atoms with Gasteiger partial charge in [0, 0.05) is 36.8 Å². The van der Waals surface area contributed by atoms with Gasteiger partial charge in [0.1, 0.15) is 23.3 Å². The predicted molar refractivity (Wildman–Crippen MR) is 116 cm³/mol. The monoisotopic (exact) mass is 448 g/mol. The van der Waals surface area contributed by atoms with Crippen molar-refractivity contribution in [3.63, 3.8) is 0 Å². The summed E-state index contributed by atoms with van der Waals surface area (Å²) in [6.45, 7) is 0.707. The molecule has 1 aliphatic heterocycles. The van der Waals surface area contributed by atoms with Crippen molar-refractivity contribution >= 4 is 5.91 Å². The van der Waals surface area contributed by atoms with Crippen molar-refractivity contribution in [2.75, 3.05) is 13.7 Å². The van der Waals surface area contributed by atoms with Crippen molar-refractivity contribution in [2.45, 2.75) is 37.9 Å². The molecule has 0 spiro atoms. The summed E-state index contributed by atoms with van der Waals surface area (Å²) in [6.07, 6.45) is 3.80. The molecule has 0 radical (unpaired) electrons. The van der Waals surface area contributed by atoms with Crippen molar-refractivity contribution < 1.29 is 18.3 Å². The van der Waals surface area contributed by atoms with Crippen LogP contribution < -0.4 is 4.74 Å². The first-order chi connectivity index (χ1) is 15.9. The maximum atomic E-state index is 15.5. The van der Waals surface area contributed by atoms with E-state index in [1.54, 1.807) is 27.8 Å². The van der Waals surface area contributed by atoms with Gasteiger partial charge in [-0.2, -0.15) is 10.4 Å². The molecule has 0 N–H and O–H groups in total. The maximum absolute atomic E-state index is 15.5. The number of alkyl halides is 1. The van der Waals surface area contributed by atoms with E-state index in [1.807, 2.05) is 12.3 Å². The van der Waals surface area contributed by atoms with E-state index in [9.17, 15) is 14.4 Å². The second-order valence-corrected chi connectivity index (χ2v) is 8.50. The predicted octanol–water partition coefficient (Wildman–Crippen LogP) is 4.44. The molecule has 1 saturated carbocycles. The number of ether oxygens (including phenoxy) is 1. The summed E-state index contributed by atoms with van der Waals surface area (Å²) in [6, 6.07) is 11.1. The maximum Gasteiger partial charge on any atom is 0.258 e. The third-order valence-corrected chi connectivity index (χ3v) is 6.56. The van der Waals surface area contributed by atoms with Crippen LogP contribution in [0.15, 0.2) is 42.6 Å². The Morgan fingerprint density at radius 3 is 2.61 bits per heavy atom. The van der Waals surface area contributed by atoms with Crippen LogP contribution in [0.1, 0.15) is 52.0 Å². The van der Waals surface area contributed by atoms with Crippen LogP contribution in [-0.4, -0.2) is 34.2 Å². The zero-order valence-electron chi connectivity index (χ0n) is 18.1. The molecule has 3 aromatic rings. The quantitative estimate of drug-likeness (QED) is 0.592. The van der Waals surface area contributed by atoms with Gasteiger partial charge in [-0.05, 0) is 49.6 Å². The highest BCUT2D eigenvalue weighted by Crippen LogP contribution is 2.48. The second kappa shape index (κ2) is 8.00. The lowest BCUT2D eigenvalue weighted by atomic mass is 9.74. The third-order valence-electron chi connectivity index (χ3n) is 6.56.